The number of nitrogens with zero attached hydrogens (tertiary/aromatic N) is 1. The van der Waals surface area contributed by atoms with E-state index in [-0.39, 0.29) is 10.8 Å². The van der Waals surface area contributed by atoms with Crippen LogP contribution in [0.3, 0.4) is 0 Å². The molecule has 1 N–H and O–H groups in total. The molecule has 0 heterocycles. The zero-order valence-electron chi connectivity index (χ0n) is 10.8. The third-order valence-corrected chi connectivity index (χ3v) is 4.29. The lowest BCUT2D eigenvalue weighted by Crippen LogP contribution is -2.36. The maximum atomic E-state index is 13.6. The highest BCUT2D eigenvalue weighted by atomic mass is 32.2. The predicted molar refractivity (Wildman–Crippen MR) is 65.0 cm³/mol. The van der Waals surface area contributed by atoms with Crippen molar-refractivity contribution in [3.8, 4) is 0 Å². The number of sulfonamides is 1. The van der Waals surface area contributed by atoms with E-state index in [1.54, 1.807) is 7.05 Å². The quantitative estimate of drug-likeness (QED) is 0.842. The topological polar surface area (TPSA) is 49.4 Å². The Morgan fingerprint density at radius 3 is 2.40 bits per heavy atom. The van der Waals surface area contributed by atoms with Gasteiger partial charge < -0.3 is 5.32 Å². The van der Waals surface area contributed by atoms with E-state index in [0.717, 1.165) is 19.2 Å². The van der Waals surface area contributed by atoms with Crippen molar-refractivity contribution in [3.63, 3.8) is 0 Å². The van der Waals surface area contributed by atoms with Gasteiger partial charge >= 0.3 is 6.18 Å². The van der Waals surface area contributed by atoms with Gasteiger partial charge in [-0.3, -0.25) is 0 Å². The van der Waals surface area contributed by atoms with Crippen LogP contribution in [0.4, 0.5) is 17.6 Å². The average Bonchev–Trinajstić information content (AvgIpc) is 2.29. The van der Waals surface area contributed by atoms with Gasteiger partial charge in [-0.05, 0) is 24.7 Å². The maximum Gasteiger partial charge on any atom is 0.402 e. The minimum Gasteiger partial charge on any atom is -0.316 e. The van der Waals surface area contributed by atoms with Gasteiger partial charge in [0.15, 0.2) is 0 Å². The fourth-order valence-corrected chi connectivity index (χ4v) is 2.83. The van der Waals surface area contributed by atoms with Crippen molar-refractivity contribution in [1.82, 2.24) is 9.62 Å². The van der Waals surface area contributed by atoms with Crippen LogP contribution in [0.2, 0.25) is 0 Å². The summed E-state index contributed by atoms with van der Waals surface area (Å²) in [4.78, 5) is -0.767. The van der Waals surface area contributed by atoms with Gasteiger partial charge in [-0.15, -0.1) is 0 Å². The Hall–Kier alpha value is -1.19. The van der Waals surface area contributed by atoms with Crippen LogP contribution in [0.5, 0.6) is 0 Å². The smallest absolute Gasteiger partial charge is 0.316 e. The average molecular weight is 314 g/mol. The molecule has 0 aromatic heterocycles. The minimum absolute atomic E-state index is 0.0779. The summed E-state index contributed by atoms with van der Waals surface area (Å²) in [5.74, 6) is -1.08. The number of benzene rings is 1. The lowest BCUT2D eigenvalue weighted by atomic mass is 10.2. The molecule has 0 aliphatic heterocycles. The summed E-state index contributed by atoms with van der Waals surface area (Å²) in [5.41, 5.74) is 0.452. The maximum absolute atomic E-state index is 13.6. The van der Waals surface area contributed by atoms with E-state index in [2.05, 4.69) is 5.32 Å². The molecule has 1 aromatic rings. The van der Waals surface area contributed by atoms with E-state index in [1.807, 2.05) is 0 Å². The molecule has 0 aliphatic carbocycles. The molecular formula is C11H14F4N2O2S. The first-order chi connectivity index (χ1) is 9.08. The third-order valence-electron chi connectivity index (χ3n) is 2.47. The molecule has 0 aliphatic rings. The molecule has 20 heavy (non-hydrogen) atoms. The highest BCUT2D eigenvalue weighted by Gasteiger charge is 2.35. The van der Waals surface area contributed by atoms with E-state index in [1.165, 1.54) is 6.07 Å². The Morgan fingerprint density at radius 1 is 1.30 bits per heavy atom. The van der Waals surface area contributed by atoms with Gasteiger partial charge in [-0.2, -0.15) is 17.5 Å². The molecule has 0 radical (unpaired) electrons. The van der Waals surface area contributed by atoms with E-state index in [4.69, 9.17) is 0 Å². The van der Waals surface area contributed by atoms with Gasteiger partial charge in [-0.1, -0.05) is 6.07 Å². The predicted octanol–water partition coefficient (Wildman–Crippen LogP) is 1.73. The lowest BCUT2D eigenvalue weighted by molar-refractivity contribution is -0.134. The molecule has 0 saturated carbocycles. The lowest BCUT2D eigenvalue weighted by Gasteiger charge is -2.19. The molecule has 0 bridgehead atoms. The van der Waals surface area contributed by atoms with Crippen LogP contribution >= 0.6 is 0 Å². The number of hydrogen-bond acceptors (Lipinski definition) is 3. The SMILES string of the molecule is CNCc1ccc(F)c(S(=O)(=O)N(C)CC(F)(F)F)c1. The highest BCUT2D eigenvalue weighted by molar-refractivity contribution is 7.89. The molecule has 0 unspecified atom stereocenters. The fourth-order valence-electron chi connectivity index (χ4n) is 1.56. The Kier molecular flexibility index (Phi) is 5.11. The molecule has 1 rings (SSSR count). The Bertz CT molecular complexity index is 572. The molecular weight excluding hydrogens is 300 g/mol. The molecule has 9 heteroatoms. The van der Waals surface area contributed by atoms with Crippen molar-refractivity contribution in [2.24, 2.45) is 0 Å². The van der Waals surface area contributed by atoms with Crippen LogP contribution in [0.1, 0.15) is 5.56 Å². The van der Waals surface area contributed by atoms with Gasteiger partial charge in [0.25, 0.3) is 0 Å². The van der Waals surface area contributed by atoms with Crippen molar-refractivity contribution in [2.75, 3.05) is 20.6 Å². The van der Waals surface area contributed by atoms with Crippen molar-refractivity contribution in [2.45, 2.75) is 17.6 Å². The molecule has 0 saturated heterocycles. The second kappa shape index (κ2) is 6.06. The van der Waals surface area contributed by atoms with Crippen LogP contribution in [0.25, 0.3) is 0 Å². The fraction of sp³-hybridized carbons (Fsp3) is 0.455. The summed E-state index contributed by atoms with van der Waals surface area (Å²) in [6, 6.07) is 3.30. The summed E-state index contributed by atoms with van der Waals surface area (Å²) >= 11 is 0. The van der Waals surface area contributed by atoms with E-state index >= 15 is 0 Å². The normalized spacial score (nSPS) is 12.9. The Morgan fingerprint density at radius 2 is 1.90 bits per heavy atom. The van der Waals surface area contributed by atoms with Crippen LogP contribution in [0.15, 0.2) is 23.1 Å². The van der Waals surface area contributed by atoms with Crippen LogP contribution < -0.4 is 5.32 Å². The van der Waals surface area contributed by atoms with Crippen LogP contribution in [-0.4, -0.2) is 39.5 Å². The zero-order chi connectivity index (χ0) is 15.6. The summed E-state index contributed by atoms with van der Waals surface area (Å²) in [7, 11) is -2.17. The molecule has 0 atom stereocenters. The number of nitrogens with one attached hydrogen (secondary N) is 1. The van der Waals surface area contributed by atoms with Gasteiger partial charge in [0.1, 0.15) is 17.3 Å². The number of halogens is 4. The first-order valence-electron chi connectivity index (χ1n) is 5.54. The Balaban J connectivity index is 3.17. The Labute approximate surface area is 114 Å². The van der Waals surface area contributed by atoms with Crippen LogP contribution in [0, 0.1) is 5.82 Å². The van der Waals surface area contributed by atoms with E-state index in [0.29, 0.717) is 5.56 Å². The third kappa shape index (κ3) is 4.15. The number of rotatable bonds is 5. The van der Waals surface area contributed by atoms with Gasteiger partial charge in [-0.25, -0.2) is 12.8 Å². The summed E-state index contributed by atoms with van der Waals surface area (Å²) in [6.45, 7) is -1.41. The van der Waals surface area contributed by atoms with Crippen molar-refractivity contribution in [1.29, 1.82) is 0 Å². The zero-order valence-corrected chi connectivity index (χ0v) is 11.6. The van der Waals surface area contributed by atoms with Gasteiger partial charge in [0.2, 0.25) is 10.0 Å². The molecule has 114 valence electrons. The van der Waals surface area contributed by atoms with Crippen molar-refractivity contribution < 1.29 is 26.0 Å². The second-order valence-corrected chi connectivity index (χ2v) is 6.18. The highest BCUT2D eigenvalue weighted by Crippen LogP contribution is 2.23. The summed E-state index contributed by atoms with van der Waals surface area (Å²) in [6.07, 6.45) is -4.69. The van der Waals surface area contributed by atoms with E-state index < -0.39 is 33.5 Å². The molecule has 1 aromatic carbocycles. The van der Waals surface area contributed by atoms with Gasteiger partial charge in [0.05, 0.1) is 0 Å². The second-order valence-electron chi connectivity index (χ2n) is 4.17. The summed E-state index contributed by atoms with van der Waals surface area (Å²) < 4.78 is 74.3. The standard InChI is InChI=1S/C11H14F4N2O2S/c1-16-6-8-3-4-9(12)10(5-8)20(18,19)17(2)7-11(13,14)15/h3-5,16H,6-7H2,1-2H3. The van der Waals surface area contributed by atoms with E-state index in [9.17, 15) is 26.0 Å². The number of hydrogen-bond donors (Lipinski definition) is 1. The minimum atomic E-state index is -4.69. The van der Waals surface area contributed by atoms with Crippen molar-refractivity contribution in [3.05, 3.63) is 29.6 Å². The van der Waals surface area contributed by atoms with Crippen molar-refractivity contribution >= 4 is 10.0 Å². The molecule has 0 fully saturated rings. The number of alkyl halides is 3. The van der Waals surface area contributed by atoms with Crippen LogP contribution in [-0.2, 0) is 16.6 Å². The first kappa shape index (κ1) is 16.9. The molecule has 4 nitrogen and oxygen atoms in total. The first-order valence-corrected chi connectivity index (χ1v) is 6.98. The molecule has 0 spiro atoms. The molecule has 0 amide bonds. The summed E-state index contributed by atoms with van der Waals surface area (Å²) in [5, 5.41) is 2.74. The largest absolute Gasteiger partial charge is 0.402 e. The monoisotopic (exact) mass is 314 g/mol. The van der Waals surface area contributed by atoms with Gasteiger partial charge in [0, 0.05) is 13.6 Å².